The van der Waals surface area contributed by atoms with Crippen LogP contribution in [0.25, 0.3) is 0 Å². The quantitative estimate of drug-likeness (QED) is 0.644. The van der Waals surface area contributed by atoms with Crippen LogP contribution in [0.4, 0.5) is 0 Å². The third kappa shape index (κ3) is 3.35. The number of phenolic OH excluding ortho intramolecular Hbond substituents is 2. The van der Waals surface area contributed by atoms with Crippen molar-refractivity contribution in [1.29, 1.82) is 0 Å². The van der Waals surface area contributed by atoms with Gasteiger partial charge in [-0.15, -0.1) is 0 Å². The lowest BCUT2D eigenvalue weighted by Gasteiger charge is -2.23. The average molecular weight is 316 g/mol. The normalized spacial score (nSPS) is 15.0. The van der Waals surface area contributed by atoms with E-state index in [-0.39, 0.29) is 28.2 Å². The molecule has 23 heavy (non-hydrogen) atoms. The summed E-state index contributed by atoms with van der Waals surface area (Å²) in [6.45, 7) is 6.07. The van der Waals surface area contributed by atoms with Crippen LogP contribution in [0.2, 0.25) is 0 Å². The fraction of sp³-hybridized carbons (Fsp3) is 0.333. The minimum absolute atomic E-state index is 0.156. The van der Waals surface area contributed by atoms with Crippen LogP contribution in [0.1, 0.15) is 47.9 Å². The Morgan fingerprint density at radius 3 is 2.35 bits per heavy atom. The molecular formula is C18H20O5. The van der Waals surface area contributed by atoms with Crippen molar-refractivity contribution in [2.45, 2.75) is 33.3 Å². The zero-order valence-electron chi connectivity index (χ0n) is 13.4. The van der Waals surface area contributed by atoms with Gasteiger partial charge in [-0.25, -0.2) is 0 Å². The molecule has 1 aromatic rings. The molecule has 0 spiro atoms. The summed E-state index contributed by atoms with van der Waals surface area (Å²) in [5, 5.41) is 19.8. The Kier molecular flexibility index (Phi) is 5.01. The lowest BCUT2D eigenvalue weighted by Crippen LogP contribution is -2.27. The second-order valence-electron chi connectivity index (χ2n) is 5.61. The van der Waals surface area contributed by atoms with Gasteiger partial charge in [0, 0.05) is 12.2 Å². The van der Waals surface area contributed by atoms with Crippen LogP contribution >= 0.6 is 0 Å². The minimum atomic E-state index is -0.568. The van der Waals surface area contributed by atoms with Gasteiger partial charge in [-0.3, -0.25) is 9.59 Å². The number of aromatic hydroxyl groups is 2. The predicted octanol–water partition coefficient (Wildman–Crippen LogP) is 3.16. The summed E-state index contributed by atoms with van der Waals surface area (Å²) in [7, 11) is 0. The number of carbonyl (C=O) groups excluding carboxylic acids is 2. The molecule has 5 heteroatoms. The zero-order valence-corrected chi connectivity index (χ0v) is 13.4. The fourth-order valence-electron chi connectivity index (χ4n) is 2.55. The molecule has 0 bridgehead atoms. The highest BCUT2D eigenvalue weighted by Gasteiger charge is 2.34. The Hall–Kier alpha value is -2.40. The highest BCUT2D eigenvalue weighted by Crippen LogP contribution is 2.36. The van der Waals surface area contributed by atoms with E-state index in [9.17, 15) is 19.8 Å². The number of Topliss-reactive ketones (excluding diaryl/α,β-unsaturated/α-hetero) is 1. The number of allylic oxidation sites excluding steroid dienone is 2. The number of carbonyl (C=O) groups is 2. The van der Waals surface area contributed by atoms with Crippen LogP contribution < -0.4 is 0 Å². The van der Waals surface area contributed by atoms with Crippen molar-refractivity contribution in [3.05, 3.63) is 46.6 Å². The first kappa shape index (κ1) is 17.0. The van der Waals surface area contributed by atoms with Gasteiger partial charge in [0.25, 0.3) is 0 Å². The summed E-state index contributed by atoms with van der Waals surface area (Å²) in [5.74, 6) is -1.64. The topological polar surface area (TPSA) is 83.8 Å². The Balaban J connectivity index is 2.48. The van der Waals surface area contributed by atoms with Crippen LogP contribution in [0.5, 0.6) is 11.5 Å². The molecule has 122 valence electrons. The van der Waals surface area contributed by atoms with Crippen molar-refractivity contribution in [1.82, 2.24) is 0 Å². The lowest BCUT2D eigenvalue weighted by molar-refractivity contribution is 0.0756. The van der Waals surface area contributed by atoms with E-state index in [1.807, 2.05) is 26.8 Å². The van der Waals surface area contributed by atoms with Gasteiger partial charge in [-0.1, -0.05) is 11.6 Å². The van der Waals surface area contributed by atoms with E-state index < -0.39 is 17.7 Å². The minimum Gasteiger partial charge on any atom is -0.507 e. The van der Waals surface area contributed by atoms with Crippen LogP contribution in [0, 0.1) is 0 Å². The molecule has 1 aromatic carbocycles. The SMILES string of the molecule is CCO[C@H](CC=C(C)C)C1=CC(=O)c2c(O)ccc(O)c2C1=O. The third-order valence-electron chi connectivity index (χ3n) is 3.64. The summed E-state index contributed by atoms with van der Waals surface area (Å²) in [4.78, 5) is 25.0. The summed E-state index contributed by atoms with van der Waals surface area (Å²) < 4.78 is 5.61. The van der Waals surface area contributed by atoms with E-state index in [0.29, 0.717) is 13.0 Å². The summed E-state index contributed by atoms with van der Waals surface area (Å²) in [6.07, 6.45) is 3.01. The van der Waals surface area contributed by atoms with Crippen molar-refractivity contribution in [2.75, 3.05) is 6.61 Å². The number of phenols is 2. The molecular weight excluding hydrogens is 296 g/mol. The van der Waals surface area contributed by atoms with E-state index in [1.54, 1.807) is 0 Å². The molecule has 1 aliphatic rings. The Morgan fingerprint density at radius 2 is 1.78 bits per heavy atom. The molecule has 2 rings (SSSR count). The van der Waals surface area contributed by atoms with Crippen LogP contribution in [0.3, 0.4) is 0 Å². The van der Waals surface area contributed by atoms with E-state index in [2.05, 4.69) is 0 Å². The second kappa shape index (κ2) is 6.79. The van der Waals surface area contributed by atoms with Crippen molar-refractivity contribution in [3.8, 4) is 11.5 Å². The summed E-state index contributed by atoms with van der Waals surface area (Å²) in [6, 6.07) is 2.40. The Morgan fingerprint density at radius 1 is 1.17 bits per heavy atom. The highest BCUT2D eigenvalue weighted by molar-refractivity contribution is 6.27. The van der Waals surface area contributed by atoms with Gasteiger partial charge in [-0.2, -0.15) is 0 Å². The highest BCUT2D eigenvalue weighted by atomic mass is 16.5. The van der Waals surface area contributed by atoms with Gasteiger partial charge in [0.1, 0.15) is 11.5 Å². The average Bonchev–Trinajstić information content (AvgIpc) is 2.49. The molecule has 0 saturated carbocycles. The molecule has 0 fully saturated rings. The van der Waals surface area contributed by atoms with Crippen LogP contribution in [0.15, 0.2) is 35.4 Å². The van der Waals surface area contributed by atoms with E-state index in [4.69, 9.17) is 4.74 Å². The van der Waals surface area contributed by atoms with Gasteiger partial charge in [0.15, 0.2) is 11.6 Å². The van der Waals surface area contributed by atoms with Gasteiger partial charge in [0.2, 0.25) is 0 Å². The summed E-state index contributed by atoms with van der Waals surface area (Å²) in [5.41, 5.74) is 0.958. The van der Waals surface area contributed by atoms with Crippen molar-refractivity contribution < 1.29 is 24.5 Å². The molecule has 0 heterocycles. The maximum absolute atomic E-state index is 12.7. The van der Waals surface area contributed by atoms with Crippen LogP contribution in [-0.4, -0.2) is 34.5 Å². The first-order chi connectivity index (χ1) is 10.9. The number of ketones is 2. The van der Waals surface area contributed by atoms with Crippen molar-refractivity contribution >= 4 is 11.6 Å². The molecule has 1 aliphatic carbocycles. The Labute approximate surface area is 134 Å². The maximum Gasteiger partial charge on any atom is 0.196 e. The number of hydrogen-bond acceptors (Lipinski definition) is 5. The number of fused-ring (bicyclic) bond motifs is 1. The van der Waals surface area contributed by atoms with E-state index in [1.165, 1.54) is 18.2 Å². The van der Waals surface area contributed by atoms with Crippen molar-refractivity contribution in [3.63, 3.8) is 0 Å². The zero-order chi connectivity index (χ0) is 17.1. The number of benzene rings is 1. The molecule has 0 aliphatic heterocycles. The fourth-order valence-corrected chi connectivity index (χ4v) is 2.55. The Bertz CT molecular complexity index is 708. The number of hydrogen-bond donors (Lipinski definition) is 2. The van der Waals surface area contributed by atoms with Crippen LogP contribution in [-0.2, 0) is 4.74 Å². The molecule has 0 saturated heterocycles. The molecule has 0 amide bonds. The summed E-state index contributed by atoms with van der Waals surface area (Å²) >= 11 is 0. The van der Waals surface area contributed by atoms with Gasteiger partial charge in [0.05, 0.1) is 17.2 Å². The van der Waals surface area contributed by atoms with Gasteiger partial charge < -0.3 is 14.9 Å². The van der Waals surface area contributed by atoms with Gasteiger partial charge >= 0.3 is 0 Å². The molecule has 2 N–H and O–H groups in total. The maximum atomic E-state index is 12.7. The predicted molar refractivity (Wildman–Crippen MR) is 86.0 cm³/mol. The molecule has 0 aromatic heterocycles. The standard InChI is InChI=1S/C18H20O5/c1-4-23-15(8-5-10(2)3)11-9-14(21)16-12(19)6-7-13(20)17(16)18(11)22/h5-7,9,15,19-20H,4,8H2,1-3H3/t15-/m1/s1. The van der Waals surface area contributed by atoms with E-state index >= 15 is 0 Å². The smallest absolute Gasteiger partial charge is 0.196 e. The second-order valence-corrected chi connectivity index (χ2v) is 5.61. The lowest BCUT2D eigenvalue weighted by atomic mass is 9.85. The largest absolute Gasteiger partial charge is 0.507 e. The van der Waals surface area contributed by atoms with E-state index in [0.717, 1.165) is 5.57 Å². The third-order valence-corrected chi connectivity index (χ3v) is 3.64. The number of rotatable bonds is 5. The van der Waals surface area contributed by atoms with Gasteiger partial charge in [-0.05, 0) is 45.4 Å². The first-order valence-electron chi connectivity index (χ1n) is 7.47. The molecule has 1 atom stereocenters. The monoisotopic (exact) mass is 316 g/mol. The first-order valence-corrected chi connectivity index (χ1v) is 7.47. The number of ether oxygens (including phenoxy) is 1. The molecule has 5 nitrogen and oxygen atoms in total. The van der Waals surface area contributed by atoms with Crippen molar-refractivity contribution in [2.24, 2.45) is 0 Å². The molecule has 0 unspecified atom stereocenters. The molecule has 0 radical (unpaired) electrons.